The molecule has 1 saturated heterocycles. The van der Waals surface area contributed by atoms with Gasteiger partial charge in [0, 0.05) is 23.9 Å². The zero-order valence-corrected chi connectivity index (χ0v) is 16.2. The Morgan fingerprint density at radius 3 is 2.37 bits per heavy atom. The fraction of sp³-hybridized carbons (Fsp3) is 0.333. The standard InChI is InChI=1S/C21H23NO4S/c1-14(26-16-8-10-17(27-2)11-9-16)20(23)22-12-18(19(13-22)21(24)25)15-6-4-3-5-7-15/h3-11,14,18-19H,12-13H2,1-2H3,(H,24,25). The number of carboxylic acids is 1. The van der Waals surface area contributed by atoms with E-state index in [-0.39, 0.29) is 18.4 Å². The lowest BCUT2D eigenvalue weighted by Gasteiger charge is -2.22. The molecule has 1 fully saturated rings. The van der Waals surface area contributed by atoms with E-state index in [9.17, 15) is 14.7 Å². The van der Waals surface area contributed by atoms with E-state index in [1.54, 1.807) is 23.6 Å². The van der Waals surface area contributed by atoms with Crippen LogP contribution in [0.25, 0.3) is 0 Å². The summed E-state index contributed by atoms with van der Waals surface area (Å²) in [5.41, 5.74) is 0.946. The van der Waals surface area contributed by atoms with Crippen molar-refractivity contribution in [2.24, 2.45) is 5.92 Å². The number of carbonyl (C=O) groups excluding carboxylic acids is 1. The van der Waals surface area contributed by atoms with Gasteiger partial charge in [-0.3, -0.25) is 9.59 Å². The second-order valence-electron chi connectivity index (χ2n) is 6.64. The highest BCUT2D eigenvalue weighted by atomic mass is 32.2. The van der Waals surface area contributed by atoms with Gasteiger partial charge in [0.15, 0.2) is 6.10 Å². The number of ether oxygens (including phenoxy) is 1. The van der Waals surface area contributed by atoms with Gasteiger partial charge in [0.2, 0.25) is 0 Å². The number of carbonyl (C=O) groups is 2. The van der Waals surface area contributed by atoms with Crippen LogP contribution in [0.5, 0.6) is 5.75 Å². The first kappa shape index (κ1) is 19.3. The summed E-state index contributed by atoms with van der Waals surface area (Å²) in [6.07, 6.45) is 1.33. The largest absolute Gasteiger partial charge is 0.481 e. The first-order chi connectivity index (χ1) is 13.0. The van der Waals surface area contributed by atoms with E-state index in [0.717, 1.165) is 10.5 Å². The predicted octanol–water partition coefficient (Wildman–Crippen LogP) is 3.50. The number of hydrogen-bond donors (Lipinski definition) is 1. The molecule has 3 atom stereocenters. The Balaban J connectivity index is 1.69. The summed E-state index contributed by atoms with van der Waals surface area (Å²) in [5.74, 6) is -1.25. The summed E-state index contributed by atoms with van der Waals surface area (Å²) in [4.78, 5) is 27.3. The van der Waals surface area contributed by atoms with Crippen molar-refractivity contribution in [3.8, 4) is 5.75 Å². The highest BCUT2D eigenvalue weighted by Gasteiger charge is 2.41. The summed E-state index contributed by atoms with van der Waals surface area (Å²) in [5, 5.41) is 9.60. The molecule has 2 aromatic rings. The van der Waals surface area contributed by atoms with Gasteiger partial charge in [0.1, 0.15) is 5.75 Å². The van der Waals surface area contributed by atoms with Crippen molar-refractivity contribution in [3.63, 3.8) is 0 Å². The second kappa shape index (κ2) is 8.48. The monoisotopic (exact) mass is 385 g/mol. The third-order valence-corrected chi connectivity index (χ3v) is 5.64. The van der Waals surface area contributed by atoms with Crippen LogP contribution in [0.2, 0.25) is 0 Å². The highest BCUT2D eigenvalue weighted by molar-refractivity contribution is 7.98. The predicted molar refractivity (Wildman–Crippen MR) is 105 cm³/mol. The number of aliphatic carboxylic acids is 1. The molecule has 1 N–H and O–H groups in total. The summed E-state index contributed by atoms with van der Waals surface area (Å²) in [7, 11) is 0. The summed E-state index contributed by atoms with van der Waals surface area (Å²) < 4.78 is 5.78. The lowest BCUT2D eigenvalue weighted by molar-refractivity contribution is -0.142. The molecular weight excluding hydrogens is 362 g/mol. The molecule has 3 unspecified atom stereocenters. The van der Waals surface area contributed by atoms with Gasteiger partial charge < -0.3 is 14.7 Å². The first-order valence-corrected chi connectivity index (χ1v) is 10.1. The molecule has 27 heavy (non-hydrogen) atoms. The van der Waals surface area contributed by atoms with Crippen LogP contribution in [-0.4, -0.2) is 47.3 Å². The SMILES string of the molecule is CSc1ccc(OC(C)C(=O)N2CC(C(=O)O)C(c3ccccc3)C2)cc1. The Morgan fingerprint density at radius 1 is 1.11 bits per heavy atom. The molecular formula is C21H23NO4S. The Labute approximate surface area is 163 Å². The Morgan fingerprint density at radius 2 is 1.78 bits per heavy atom. The average molecular weight is 385 g/mol. The molecule has 1 heterocycles. The Bertz CT molecular complexity index is 794. The van der Waals surface area contributed by atoms with Crippen LogP contribution in [0.1, 0.15) is 18.4 Å². The molecule has 1 amide bonds. The zero-order chi connectivity index (χ0) is 19.4. The number of likely N-dealkylation sites (tertiary alicyclic amines) is 1. The van der Waals surface area contributed by atoms with E-state index in [4.69, 9.17) is 4.74 Å². The van der Waals surface area contributed by atoms with Crippen molar-refractivity contribution >= 4 is 23.6 Å². The number of benzene rings is 2. The molecule has 142 valence electrons. The second-order valence-corrected chi connectivity index (χ2v) is 7.52. The van der Waals surface area contributed by atoms with Crippen molar-refractivity contribution in [3.05, 3.63) is 60.2 Å². The van der Waals surface area contributed by atoms with Crippen molar-refractivity contribution in [2.45, 2.75) is 23.8 Å². The maximum Gasteiger partial charge on any atom is 0.308 e. The lowest BCUT2D eigenvalue weighted by atomic mass is 9.89. The number of carboxylic acid groups (broad SMARTS) is 1. The van der Waals surface area contributed by atoms with Gasteiger partial charge in [-0.1, -0.05) is 30.3 Å². The molecule has 0 aromatic heterocycles. The third-order valence-electron chi connectivity index (χ3n) is 4.90. The normalized spacial score (nSPS) is 20.3. The number of nitrogens with zero attached hydrogens (tertiary/aromatic N) is 1. The van der Waals surface area contributed by atoms with E-state index in [1.165, 1.54) is 0 Å². The van der Waals surface area contributed by atoms with Gasteiger partial charge in [0.25, 0.3) is 5.91 Å². The van der Waals surface area contributed by atoms with Crippen molar-refractivity contribution in [2.75, 3.05) is 19.3 Å². The van der Waals surface area contributed by atoms with E-state index < -0.39 is 18.0 Å². The van der Waals surface area contributed by atoms with Crippen LogP contribution in [0, 0.1) is 5.92 Å². The van der Waals surface area contributed by atoms with Crippen LogP contribution < -0.4 is 4.74 Å². The van der Waals surface area contributed by atoms with E-state index in [1.807, 2.05) is 60.9 Å². The Hall–Kier alpha value is -2.47. The molecule has 0 radical (unpaired) electrons. The summed E-state index contributed by atoms with van der Waals surface area (Å²) in [6.45, 7) is 2.29. The third kappa shape index (κ3) is 4.45. The smallest absolute Gasteiger partial charge is 0.308 e. The fourth-order valence-electron chi connectivity index (χ4n) is 3.44. The minimum absolute atomic E-state index is 0.186. The van der Waals surface area contributed by atoms with E-state index >= 15 is 0 Å². The van der Waals surface area contributed by atoms with E-state index in [2.05, 4.69) is 0 Å². The minimum Gasteiger partial charge on any atom is -0.481 e. The Kier molecular flexibility index (Phi) is 6.06. The molecule has 1 aliphatic heterocycles. The topological polar surface area (TPSA) is 66.8 Å². The van der Waals surface area contributed by atoms with Crippen molar-refractivity contribution in [1.29, 1.82) is 0 Å². The van der Waals surface area contributed by atoms with Gasteiger partial charge in [0.05, 0.1) is 5.92 Å². The minimum atomic E-state index is -0.875. The molecule has 0 saturated carbocycles. The fourth-order valence-corrected chi connectivity index (χ4v) is 3.85. The molecule has 0 bridgehead atoms. The van der Waals surface area contributed by atoms with Crippen LogP contribution in [0.4, 0.5) is 0 Å². The number of rotatable bonds is 6. The van der Waals surface area contributed by atoms with Gasteiger partial charge in [-0.15, -0.1) is 11.8 Å². The van der Waals surface area contributed by atoms with Gasteiger partial charge in [-0.2, -0.15) is 0 Å². The van der Waals surface area contributed by atoms with Crippen molar-refractivity contribution in [1.82, 2.24) is 4.90 Å². The molecule has 6 heteroatoms. The number of hydrogen-bond acceptors (Lipinski definition) is 4. The highest BCUT2D eigenvalue weighted by Crippen LogP contribution is 2.33. The molecule has 2 aromatic carbocycles. The average Bonchev–Trinajstić information content (AvgIpc) is 3.14. The quantitative estimate of drug-likeness (QED) is 0.771. The number of amides is 1. The molecule has 0 spiro atoms. The maximum absolute atomic E-state index is 12.8. The van der Waals surface area contributed by atoms with Crippen LogP contribution in [0.15, 0.2) is 59.5 Å². The summed E-state index contributed by atoms with van der Waals surface area (Å²) >= 11 is 1.64. The lowest BCUT2D eigenvalue weighted by Crippen LogP contribution is -2.39. The molecule has 3 rings (SSSR count). The van der Waals surface area contributed by atoms with E-state index in [0.29, 0.717) is 12.3 Å². The molecule has 0 aliphatic carbocycles. The van der Waals surface area contributed by atoms with Crippen LogP contribution in [-0.2, 0) is 9.59 Å². The number of thioether (sulfide) groups is 1. The maximum atomic E-state index is 12.8. The van der Waals surface area contributed by atoms with Crippen molar-refractivity contribution < 1.29 is 19.4 Å². The zero-order valence-electron chi connectivity index (χ0n) is 15.4. The first-order valence-electron chi connectivity index (χ1n) is 8.87. The van der Waals surface area contributed by atoms with Gasteiger partial charge >= 0.3 is 5.97 Å². The van der Waals surface area contributed by atoms with Crippen LogP contribution in [0.3, 0.4) is 0 Å². The van der Waals surface area contributed by atoms with Gasteiger partial charge in [-0.05, 0) is 43.0 Å². The summed E-state index contributed by atoms with van der Waals surface area (Å²) in [6, 6.07) is 17.1. The molecule has 1 aliphatic rings. The van der Waals surface area contributed by atoms with Crippen LogP contribution >= 0.6 is 11.8 Å². The van der Waals surface area contributed by atoms with Gasteiger partial charge in [-0.25, -0.2) is 0 Å². The molecule has 5 nitrogen and oxygen atoms in total.